The lowest BCUT2D eigenvalue weighted by Crippen LogP contribution is -2.23. The molecule has 31 heavy (non-hydrogen) atoms. The molecule has 0 unspecified atom stereocenters. The van der Waals surface area contributed by atoms with Crippen LogP contribution in [0.3, 0.4) is 0 Å². The predicted octanol–water partition coefficient (Wildman–Crippen LogP) is 4.25. The minimum Gasteiger partial charge on any atom is -0.304 e. The summed E-state index contributed by atoms with van der Waals surface area (Å²) in [5.41, 5.74) is 5.13. The van der Waals surface area contributed by atoms with Crippen molar-refractivity contribution in [2.75, 3.05) is 25.4 Å². The maximum Gasteiger partial charge on any atom is 0.191 e. The van der Waals surface area contributed by atoms with E-state index < -0.39 is 0 Å². The van der Waals surface area contributed by atoms with E-state index in [4.69, 9.17) is 0 Å². The number of nitrogens with zero attached hydrogens (tertiary/aromatic N) is 6. The highest BCUT2D eigenvalue weighted by Gasteiger charge is 2.57. The summed E-state index contributed by atoms with van der Waals surface area (Å²) in [7, 11) is 2.01. The maximum atomic E-state index is 4.42. The summed E-state index contributed by atoms with van der Waals surface area (Å²) in [4.78, 5) is 11.4. The molecule has 6 nitrogen and oxygen atoms in total. The molecule has 1 saturated heterocycles. The minimum absolute atomic E-state index is 0.551. The molecular formula is C24H30N6S. The van der Waals surface area contributed by atoms with Gasteiger partial charge in [0, 0.05) is 31.7 Å². The summed E-state index contributed by atoms with van der Waals surface area (Å²) in [5.74, 6) is 2.61. The van der Waals surface area contributed by atoms with Crippen molar-refractivity contribution < 1.29 is 0 Å². The van der Waals surface area contributed by atoms with E-state index in [9.17, 15) is 0 Å². The van der Waals surface area contributed by atoms with Gasteiger partial charge >= 0.3 is 0 Å². The van der Waals surface area contributed by atoms with E-state index in [1.165, 1.54) is 44.5 Å². The van der Waals surface area contributed by atoms with Crippen molar-refractivity contribution in [1.82, 2.24) is 29.6 Å². The predicted molar refractivity (Wildman–Crippen MR) is 124 cm³/mol. The fourth-order valence-corrected chi connectivity index (χ4v) is 5.80. The van der Waals surface area contributed by atoms with Crippen molar-refractivity contribution in [3.63, 3.8) is 0 Å². The van der Waals surface area contributed by atoms with Crippen LogP contribution in [0.25, 0.3) is 11.5 Å². The average Bonchev–Trinajstić information content (AvgIpc) is 3.11. The van der Waals surface area contributed by atoms with Crippen LogP contribution in [-0.4, -0.2) is 55.0 Å². The number of thioether (sulfide) groups is 1. The van der Waals surface area contributed by atoms with Crippen LogP contribution in [0.5, 0.6) is 0 Å². The molecule has 2 atom stereocenters. The number of aryl methyl sites for hydroxylation is 2. The Morgan fingerprint density at radius 2 is 1.90 bits per heavy atom. The summed E-state index contributed by atoms with van der Waals surface area (Å²) in [5, 5.41) is 9.68. The molecule has 1 aliphatic heterocycles. The zero-order chi connectivity index (χ0) is 21.4. The molecule has 0 radical (unpaired) electrons. The van der Waals surface area contributed by atoms with Crippen molar-refractivity contribution >= 4 is 11.8 Å². The zero-order valence-electron chi connectivity index (χ0n) is 18.6. The number of hydrogen-bond acceptors (Lipinski definition) is 6. The Hall–Kier alpha value is -2.25. The van der Waals surface area contributed by atoms with Gasteiger partial charge in [0.1, 0.15) is 5.69 Å². The topological polar surface area (TPSA) is 59.7 Å². The van der Waals surface area contributed by atoms with E-state index in [-0.39, 0.29) is 0 Å². The van der Waals surface area contributed by atoms with E-state index in [1.807, 2.05) is 18.5 Å². The Balaban J connectivity index is 1.10. The summed E-state index contributed by atoms with van der Waals surface area (Å²) in [6, 6.07) is 9.20. The zero-order valence-corrected chi connectivity index (χ0v) is 19.4. The van der Waals surface area contributed by atoms with Crippen molar-refractivity contribution in [1.29, 1.82) is 0 Å². The van der Waals surface area contributed by atoms with Gasteiger partial charge in [-0.1, -0.05) is 41.6 Å². The SMILES string of the molecule is Cc1ccc([C@H]2C[C@]23CCN(CCCSc2nnc(-c4nccnc4C)n2C)C3)cc1. The summed E-state index contributed by atoms with van der Waals surface area (Å²) < 4.78 is 2.03. The highest BCUT2D eigenvalue weighted by atomic mass is 32.2. The van der Waals surface area contributed by atoms with Gasteiger partial charge in [-0.2, -0.15) is 0 Å². The second kappa shape index (κ2) is 8.36. The van der Waals surface area contributed by atoms with Gasteiger partial charge in [0.2, 0.25) is 0 Å². The smallest absolute Gasteiger partial charge is 0.191 e. The summed E-state index contributed by atoms with van der Waals surface area (Å²) in [6.45, 7) is 7.79. The van der Waals surface area contributed by atoms with Crippen LogP contribution in [0.1, 0.15) is 42.0 Å². The second-order valence-electron chi connectivity index (χ2n) is 9.11. The van der Waals surface area contributed by atoms with E-state index in [0.717, 1.165) is 34.0 Å². The van der Waals surface area contributed by atoms with E-state index in [2.05, 4.69) is 56.3 Å². The first-order chi connectivity index (χ1) is 15.1. The molecule has 3 heterocycles. The number of likely N-dealkylation sites (tertiary alicyclic amines) is 1. The Kier molecular flexibility index (Phi) is 5.56. The largest absolute Gasteiger partial charge is 0.304 e. The average molecular weight is 435 g/mol. The third-order valence-corrected chi connectivity index (χ3v) is 8.02. The normalized spacial score (nSPS) is 23.0. The van der Waals surface area contributed by atoms with Crippen LogP contribution in [0, 0.1) is 19.3 Å². The van der Waals surface area contributed by atoms with E-state index in [0.29, 0.717) is 5.41 Å². The van der Waals surface area contributed by atoms with Crippen LogP contribution in [0.15, 0.2) is 41.8 Å². The monoisotopic (exact) mass is 434 g/mol. The van der Waals surface area contributed by atoms with Gasteiger partial charge in [0.05, 0.1) is 5.69 Å². The Morgan fingerprint density at radius 1 is 1.10 bits per heavy atom. The lowest BCUT2D eigenvalue weighted by atomic mass is 9.98. The summed E-state index contributed by atoms with van der Waals surface area (Å²) >= 11 is 1.78. The third kappa shape index (κ3) is 4.13. The van der Waals surface area contributed by atoms with Crippen LogP contribution in [-0.2, 0) is 7.05 Å². The first-order valence-corrected chi connectivity index (χ1v) is 12.1. The molecule has 1 aliphatic carbocycles. The molecule has 0 N–H and O–H groups in total. The molecule has 1 saturated carbocycles. The molecule has 0 amide bonds. The Bertz CT molecular complexity index is 1060. The molecule has 2 aromatic heterocycles. The van der Waals surface area contributed by atoms with Crippen molar-refractivity contribution in [2.24, 2.45) is 12.5 Å². The number of aromatic nitrogens is 5. The molecule has 3 aromatic rings. The number of hydrogen-bond donors (Lipinski definition) is 0. The molecule has 7 heteroatoms. The molecule has 0 bridgehead atoms. The van der Waals surface area contributed by atoms with Gasteiger partial charge in [-0.05, 0) is 63.1 Å². The maximum absolute atomic E-state index is 4.42. The molecule has 162 valence electrons. The van der Waals surface area contributed by atoms with E-state index >= 15 is 0 Å². The van der Waals surface area contributed by atoms with Gasteiger partial charge in [0.15, 0.2) is 11.0 Å². The first kappa shape index (κ1) is 20.6. The summed E-state index contributed by atoms with van der Waals surface area (Å²) in [6.07, 6.45) is 7.30. The highest BCUT2D eigenvalue weighted by Crippen LogP contribution is 2.64. The first-order valence-electron chi connectivity index (χ1n) is 11.1. The lowest BCUT2D eigenvalue weighted by molar-refractivity contribution is 0.319. The van der Waals surface area contributed by atoms with Gasteiger partial charge in [-0.25, -0.2) is 4.98 Å². The third-order valence-electron chi connectivity index (χ3n) is 6.91. The molecule has 1 spiro atoms. The second-order valence-corrected chi connectivity index (χ2v) is 10.2. The number of benzene rings is 1. The number of rotatable bonds is 7. The van der Waals surface area contributed by atoms with Gasteiger partial charge in [-0.3, -0.25) is 4.98 Å². The van der Waals surface area contributed by atoms with Crippen LogP contribution < -0.4 is 0 Å². The molecule has 1 aromatic carbocycles. The fraction of sp³-hybridized carbons (Fsp3) is 0.500. The van der Waals surface area contributed by atoms with Crippen molar-refractivity contribution in [3.8, 4) is 11.5 Å². The van der Waals surface area contributed by atoms with Crippen LogP contribution in [0.4, 0.5) is 0 Å². The van der Waals surface area contributed by atoms with Crippen LogP contribution >= 0.6 is 11.8 Å². The van der Waals surface area contributed by atoms with Gasteiger partial charge in [-0.15, -0.1) is 10.2 Å². The highest BCUT2D eigenvalue weighted by molar-refractivity contribution is 7.99. The Morgan fingerprint density at radius 3 is 2.71 bits per heavy atom. The van der Waals surface area contributed by atoms with E-state index in [1.54, 1.807) is 29.7 Å². The molecule has 2 aliphatic rings. The fourth-order valence-electron chi connectivity index (χ4n) is 4.97. The van der Waals surface area contributed by atoms with Crippen LogP contribution in [0.2, 0.25) is 0 Å². The molecule has 2 fully saturated rings. The van der Waals surface area contributed by atoms with Gasteiger partial charge in [0.25, 0.3) is 0 Å². The molecule has 5 rings (SSSR count). The molecular weight excluding hydrogens is 404 g/mol. The standard InChI is InChI=1S/C24H30N6S/c1-17-5-7-19(8-6-17)20-15-24(20)9-13-30(16-24)12-4-14-31-23-28-27-22(29(23)3)21-18(2)25-10-11-26-21/h5-8,10-11,20H,4,9,12-16H2,1-3H3/t20-,24+/m1/s1. The van der Waals surface area contributed by atoms with Gasteiger partial charge < -0.3 is 9.47 Å². The van der Waals surface area contributed by atoms with Crippen molar-refractivity contribution in [3.05, 3.63) is 53.5 Å². The Labute approximate surface area is 188 Å². The minimum atomic E-state index is 0.551. The lowest BCUT2D eigenvalue weighted by Gasteiger charge is -2.16. The van der Waals surface area contributed by atoms with Crippen molar-refractivity contribution in [2.45, 2.75) is 44.2 Å². The quantitative estimate of drug-likeness (QED) is 0.409.